The highest BCUT2D eigenvalue weighted by atomic mass is 19.4. The molecule has 36 heavy (non-hydrogen) atoms. The number of ketones is 1. The molecular formula is C26H22F5NO4. The molecule has 190 valence electrons. The zero-order valence-electron chi connectivity index (χ0n) is 18.9. The summed E-state index contributed by atoms with van der Waals surface area (Å²) < 4.78 is 74.0. The minimum atomic E-state index is -4.77. The lowest BCUT2D eigenvalue weighted by molar-refractivity contribution is -0.286. The van der Waals surface area contributed by atoms with Crippen molar-refractivity contribution in [3.8, 4) is 22.8 Å². The van der Waals surface area contributed by atoms with Crippen LogP contribution >= 0.6 is 0 Å². The molecule has 2 aromatic carbocycles. The molecule has 2 heterocycles. The summed E-state index contributed by atoms with van der Waals surface area (Å²) in [5.41, 5.74) is 1.73. The Bertz CT molecular complexity index is 1340. The first kappa shape index (κ1) is 24.2. The Morgan fingerprint density at radius 1 is 1.06 bits per heavy atom. The maximum absolute atomic E-state index is 13.4. The molecule has 0 amide bonds. The van der Waals surface area contributed by atoms with Crippen molar-refractivity contribution in [2.75, 3.05) is 0 Å². The molecule has 0 radical (unpaired) electrons. The summed E-state index contributed by atoms with van der Waals surface area (Å²) in [4.78, 5) is 17.8. The molecule has 5 rings (SSSR count). The van der Waals surface area contributed by atoms with Crippen LogP contribution in [0.5, 0.6) is 11.5 Å². The number of fused-ring (bicyclic) bond motifs is 1. The van der Waals surface area contributed by atoms with Gasteiger partial charge in [0.2, 0.25) is 0 Å². The number of benzene rings is 2. The van der Waals surface area contributed by atoms with Crippen molar-refractivity contribution in [2.45, 2.75) is 50.2 Å². The molecule has 0 spiro atoms. The summed E-state index contributed by atoms with van der Waals surface area (Å²) in [6.07, 6.45) is -9.99. The van der Waals surface area contributed by atoms with Gasteiger partial charge in [-0.25, -0.2) is 0 Å². The van der Waals surface area contributed by atoms with Gasteiger partial charge in [-0.1, -0.05) is 36.4 Å². The van der Waals surface area contributed by atoms with Gasteiger partial charge in [-0.05, 0) is 54.7 Å². The Morgan fingerprint density at radius 2 is 1.72 bits per heavy atom. The summed E-state index contributed by atoms with van der Waals surface area (Å²) in [5.74, 6) is -0.337. The molecule has 1 fully saturated rings. The van der Waals surface area contributed by atoms with Crippen LogP contribution in [-0.2, 0) is 16.6 Å². The molecule has 0 bridgehead atoms. The van der Waals surface area contributed by atoms with Gasteiger partial charge in [0.25, 0.3) is 0 Å². The highest BCUT2D eigenvalue weighted by molar-refractivity contribution is 5.94. The van der Waals surface area contributed by atoms with Gasteiger partial charge in [-0.3, -0.25) is 9.78 Å². The number of aromatic nitrogens is 1. The number of carbonyl (C=O) groups excluding carboxylic acids is 1. The van der Waals surface area contributed by atoms with E-state index in [1.54, 1.807) is 25.1 Å². The van der Waals surface area contributed by atoms with Gasteiger partial charge in [0.05, 0.1) is 11.1 Å². The topological polar surface area (TPSA) is 68.7 Å². The van der Waals surface area contributed by atoms with E-state index in [1.807, 2.05) is 0 Å². The third-order valence-corrected chi connectivity index (χ3v) is 6.54. The molecule has 0 saturated heterocycles. The first-order valence-corrected chi connectivity index (χ1v) is 11.1. The fourth-order valence-electron chi connectivity index (χ4n) is 4.41. The number of Topliss-reactive ketones (excluding diaryl/α,β-unsaturated/α-hetero) is 1. The standard InChI is InChI=1S/C26H20F5NO4.H2/c1-14-2-8-18(32-22(14)15-3-5-16(6-4-15)23(34)25(27,28)29)13-21(33)24(10-11-24)17-7-9-19-20(12-17)36-26(30,31)35-19;/h2-9,12,23,34H,10-11,13H2,1H3;1H. The van der Waals surface area contributed by atoms with Crippen LogP contribution in [0, 0.1) is 6.92 Å². The van der Waals surface area contributed by atoms with Gasteiger partial charge in [0.1, 0.15) is 5.78 Å². The Hall–Kier alpha value is -3.53. The molecule has 1 atom stereocenters. The Morgan fingerprint density at radius 3 is 2.36 bits per heavy atom. The van der Waals surface area contributed by atoms with Gasteiger partial charge >= 0.3 is 12.5 Å². The average molecular weight is 507 g/mol. The van der Waals surface area contributed by atoms with E-state index >= 15 is 0 Å². The van der Waals surface area contributed by atoms with E-state index in [2.05, 4.69) is 14.5 Å². The molecule has 1 saturated carbocycles. The molecule has 10 heteroatoms. The van der Waals surface area contributed by atoms with Crippen LogP contribution in [0.1, 0.15) is 42.8 Å². The highest BCUT2D eigenvalue weighted by Crippen LogP contribution is 2.52. The fourth-order valence-corrected chi connectivity index (χ4v) is 4.41. The minimum absolute atomic E-state index is 0. The monoisotopic (exact) mass is 507 g/mol. The van der Waals surface area contributed by atoms with Crippen LogP contribution in [0.3, 0.4) is 0 Å². The number of alkyl halides is 5. The number of ether oxygens (including phenoxy) is 2. The van der Waals surface area contributed by atoms with Gasteiger partial charge in [0, 0.05) is 19.1 Å². The van der Waals surface area contributed by atoms with Crippen LogP contribution in [0.2, 0.25) is 0 Å². The fraction of sp³-hybridized carbons (Fsp3) is 0.308. The number of halogens is 5. The number of pyridine rings is 1. The quantitative estimate of drug-likeness (QED) is 0.411. The lowest BCUT2D eigenvalue weighted by atomic mass is 9.88. The number of aryl methyl sites for hydroxylation is 1. The SMILES string of the molecule is Cc1ccc(CC(=O)C2(c3ccc4c(c3)OC(F)(F)O4)CC2)nc1-c1ccc(C(O)C(F)(F)F)cc1.[HH]. The summed E-state index contributed by atoms with van der Waals surface area (Å²) >= 11 is 0. The van der Waals surface area contributed by atoms with Crippen LogP contribution in [0.15, 0.2) is 54.6 Å². The molecule has 2 aliphatic rings. The lowest BCUT2D eigenvalue weighted by Gasteiger charge is -2.16. The van der Waals surface area contributed by atoms with Crippen molar-refractivity contribution in [2.24, 2.45) is 0 Å². The largest absolute Gasteiger partial charge is 0.586 e. The van der Waals surface area contributed by atoms with Crippen LogP contribution in [0.4, 0.5) is 22.0 Å². The average Bonchev–Trinajstić information content (AvgIpc) is 3.56. The van der Waals surface area contributed by atoms with E-state index in [4.69, 9.17) is 0 Å². The van der Waals surface area contributed by atoms with E-state index < -0.39 is 24.0 Å². The van der Waals surface area contributed by atoms with Gasteiger partial charge < -0.3 is 14.6 Å². The summed E-state index contributed by atoms with van der Waals surface area (Å²) in [6, 6.07) is 13.1. The second kappa shape index (κ2) is 8.26. The number of carbonyl (C=O) groups is 1. The maximum Gasteiger partial charge on any atom is 0.586 e. The molecule has 1 aromatic heterocycles. The molecule has 1 unspecified atom stereocenters. The van der Waals surface area contributed by atoms with Crippen molar-refractivity contribution in [3.63, 3.8) is 0 Å². The number of nitrogens with zero attached hydrogens (tertiary/aromatic N) is 1. The number of hydrogen-bond acceptors (Lipinski definition) is 5. The van der Waals surface area contributed by atoms with Gasteiger partial charge in [-0.15, -0.1) is 8.78 Å². The van der Waals surface area contributed by atoms with E-state index in [0.29, 0.717) is 35.4 Å². The normalized spacial score (nSPS) is 18.1. The zero-order valence-corrected chi connectivity index (χ0v) is 18.9. The zero-order chi connectivity index (χ0) is 25.9. The number of aliphatic hydroxyl groups is 1. The number of aliphatic hydroxyl groups excluding tert-OH is 1. The smallest absolute Gasteiger partial charge is 0.395 e. The van der Waals surface area contributed by atoms with E-state index in [0.717, 1.165) is 5.56 Å². The van der Waals surface area contributed by atoms with E-state index in [9.17, 15) is 31.9 Å². The second-order valence-corrected chi connectivity index (χ2v) is 9.05. The highest BCUT2D eigenvalue weighted by Gasteiger charge is 2.52. The first-order valence-electron chi connectivity index (χ1n) is 11.1. The predicted molar refractivity (Wildman–Crippen MR) is 120 cm³/mol. The summed E-state index contributed by atoms with van der Waals surface area (Å²) in [5, 5.41) is 9.44. The summed E-state index contributed by atoms with van der Waals surface area (Å²) in [6.45, 7) is 1.79. The van der Waals surface area contributed by atoms with Gasteiger partial charge in [0.15, 0.2) is 17.6 Å². The van der Waals surface area contributed by atoms with Crippen molar-refractivity contribution in [3.05, 3.63) is 77.0 Å². The molecular weight excluding hydrogens is 485 g/mol. The molecule has 1 N–H and O–H groups in total. The van der Waals surface area contributed by atoms with Crippen molar-refractivity contribution < 1.29 is 42.8 Å². The molecule has 1 aliphatic heterocycles. The van der Waals surface area contributed by atoms with Crippen molar-refractivity contribution in [1.29, 1.82) is 0 Å². The Kier molecular flexibility index (Phi) is 5.55. The number of rotatable bonds is 6. The van der Waals surface area contributed by atoms with Crippen LogP contribution in [-0.4, -0.2) is 28.3 Å². The predicted octanol–water partition coefficient (Wildman–Crippen LogP) is 6.06. The minimum Gasteiger partial charge on any atom is -0.395 e. The Balaban J connectivity index is 0.00000320. The van der Waals surface area contributed by atoms with Crippen LogP contribution in [0.25, 0.3) is 11.3 Å². The van der Waals surface area contributed by atoms with E-state index in [-0.39, 0.29) is 30.7 Å². The summed E-state index contributed by atoms with van der Waals surface area (Å²) in [7, 11) is 0. The second-order valence-electron chi connectivity index (χ2n) is 9.05. The molecule has 3 aromatic rings. The third kappa shape index (κ3) is 4.41. The molecule has 5 nitrogen and oxygen atoms in total. The maximum atomic E-state index is 13.4. The van der Waals surface area contributed by atoms with Gasteiger partial charge in [-0.2, -0.15) is 13.2 Å². The Labute approximate surface area is 204 Å². The number of hydrogen-bond donors (Lipinski definition) is 1. The van der Waals surface area contributed by atoms with E-state index in [1.165, 1.54) is 36.4 Å². The molecule has 1 aliphatic carbocycles. The van der Waals surface area contributed by atoms with Crippen molar-refractivity contribution >= 4 is 5.78 Å². The lowest BCUT2D eigenvalue weighted by Crippen LogP contribution is -2.26. The van der Waals surface area contributed by atoms with Crippen LogP contribution < -0.4 is 9.47 Å². The first-order chi connectivity index (χ1) is 16.9. The van der Waals surface area contributed by atoms with Crippen molar-refractivity contribution in [1.82, 2.24) is 4.98 Å². The third-order valence-electron chi connectivity index (χ3n) is 6.54.